The van der Waals surface area contributed by atoms with Crippen LogP contribution in [0.3, 0.4) is 0 Å². The largest absolute Gasteiger partial charge is 0.357 e. The number of nitrogens with zero attached hydrogens (tertiary/aromatic N) is 2. The van der Waals surface area contributed by atoms with Crippen molar-refractivity contribution >= 4 is 5.84 Å². The Bertz CT molecular complexity index is 176. The number of hydrogen-bond donors (Lipinski definition) is 1. The van der Waals surface area contributed by atoms with Crippen LogP contribution in [-0.4, -0.2) is 30.0 Å². The van der Waals surface area contributed by atoms with Gasteiger partial charge in [-0.2, -0.15) is 0 Å². The predicted molar refractivity (Wildman–Crippen MR) is 45.5 cm³/mol. The molecule has 2 rings (SSSR count). The van der Waals surface area contributed by atoms with Gasteiger partial charge in [0.15, 0.2) is 0 Å². The van der Waals surface area contributed by atoms with Gasteiger partial charge in [-0.3, -0.25) is 4.99 Å². The molecule has 3 heteroatoms. The molecule has 2 heterocycles. The zero-order valence-corrected chi connectivity index (χ0v) is 6.79. The van der Waals surface area contributed by atoms with Crippen LogP contribution in [0, 0.1) is 0 Å². The first-order chi connectivity index (χ1) is 5.36. The molecule has 1 saturated heterocycles. The van der Waals surface area contributed by atoms with Crippen molar-refractivity contribution < 1.29 is 0 Å². The fraction of sp³-hybridized carbons (Fsp3) is 0.875. The van der Waals surface area contributed by atoms with Crippen LogP contribution in [-0.2, 0) is 0 Å². The minimum absolute atomic E-state index is 0.0584. The van der Waals surface area contributed by atoms with Gasteiger partial charge in [-0.25, -0.2) is 0 Å². The van der Waals surface area contributed by atoms with E-state index in [0.29, 0.717) is 0 Å². The van der Waals surface area contributed by atoms with Gasteiger partial charge < -0.3 is 10.6 Å². The van der Waals surface area contributed by atoms with E-state index in [1.807, 2.05) is 0 Å². The molecule has 2 aliphatic rings. The molecular formula is C8H15N3. The Balaban J connectivity index is 2.08. The fourth-order valence-electron chi connectivity index (χ4n) is 1.85. The maximum Gasteiger partial charge on any atom is 0.117 e. The van der Waals surface area contributed by atoms with Crippen molar-refractivity contribution in [3.05, 3.63) is 0 Å². The lowest BCUT2D eigenvalue weighted by Crippen LogP contribution is -2.31. The van der Waals surface area contributed by atoms with Crippen molar-refractivity contribution in [1.82, 2.24) is 4.90 Å². The summed E-state index contributed by atoms with van der Waals surface area (Å²) in [6.45, 7) is 2.13. The number of hydrogen-bond acceptors (Lipinski definition) is 3. The van der Waals surface area contributed by atoms with Crippen molar-refractivity contribution in [2.24, 2.45) is 10.7 Å². The fourth-order valence-corrected chi connectivity index (χ4v) is 1.85. The van der Waals surface area contributed by atoms with Gasteiger partial charge in [0, 0.05) is 13.0 Å². The van der Waals surface area contributed by atoms with E-state index in [4.69, 9.17) is 5.73 Å². The van der Waals surface area contributed by atoms with Gasteiger partial charge in [0.2, 0.25) is 0 Å². The Hall–Kier alpha value is -0.570. The van der Waals surface area contributed by atoms with Crippen LogP contribution in [0.5, 0.6) is 0 Å². The monoisotopic (exact) mass is 153 g/mol. The van der Waals surface area contributed by atoms with Gasteiger partial charge in [0.25, 0.3) is 0 Å². The number of amidine groups is 1. The lowest BCUT2D eigenvalue weighted by atomic mass is 10.2. The van der Waals surface area contributed by atoms with Gasteiger partial charge >= 0.3 is 0 Å². The van der Waals surface area contributed by atoms with Crippen LogP contribution >= 0.6 is 0 Å². The van der Waals surface area contributed by atoms with E-state index >= 15 is 0 Å². The summed E-state index contributed by atoms with van der Waals surface area (Å²) in [6, 6.07) is 0. The van der Waals surface area contributed by atoms with Gasteiger partial charge in [-0.1, -0.05) is 6.42 Å². The summed E-state index contributed by atoms with van der Waals surface area (Å²) in [4.78, 5) is 6.74. The Morgan fingerprint density at radius 1 is 1.36 bits per heavy atom. The summed E-state index contributed by atoms with van der Waals surface area (Å²) in [6.07, 6.45) is 5.16. The third-order valence-electron chi connectivity index (χ3n) is 2.42. The van der Waals surface area contributed by atoms with Crippen molar-refractivity contribution in [1.29, 1.82) is 0 Å². The van der Waals surface area contributed by atoms with Crippen molar-refractivity contribution in [3.63, 3.8) is 0 Å². The molecule has 3 nitrogen and oxygen atoms in total. The van der Waals surface area contributed by atoms with Crippen molar-refractivity contribution in [2.75, 3.05) is 13.1 Å². The molecule has 0 bridgehead atoms. The van der Waals surface area contributed by atoms with Gasteiger partial charge in [0.05, 0.1) is 6.54 Å². The van der Waals surface area contributed by atoms with Gasteiger partial charge in [-0.15, -0.1) is 0 Å². The van der Waals surface area contributed by atoms with E-state index in [-0.39, 0.29) is 6.17 Å². The van der Waals surface area contributed by atoms with E-state index in [9.17, 15) is 0 Å². The Labute approximate surface area is 67.3 Å². The van der Waals surface area contributed by atoms with E-state index in [1.54, 1.807) is 0 Å². The minimum Gasteiger partial charge on any atom is -0.357 e. The second-order valence-electron chi connectivity index (χ2n) is 3.37. The predicted octanol–water partition coefficient (Wildman–Crippen LogP) is 0.559. The smallest absolute Gasteiger partial charge is 0.117 e. The van der Waals surface area contributed by atoms with Crippen LogP contribution in [0.2, 0.25) is 0 Å². The second kappa shape index (κ2) is 2.81. The van der Waals surface area contributed by atoms with Crippen LogP contribution < -0.4 is 5.73 Å². The SMILES string of the molecule is NC1CN2CCCCCC2=N1. The molecule has 2 aliphatic heterocycles. The highest BCUT2D eigenvalue weighted by Gasteiger charge is 2.22. The molecule has 0 spiro atoms. The molecule has 0 aromatic carbocycles. The summed E-state index contributed by atoms with van der Waals surface area (Å²) in [5.41, 5.74) is 5.72. The van der Waals surface area contributed by atoms with E-state index in [0.717, 1.165) is 13.0 Å². The van der Waals surface area contributed by atoms with E-state index in [2.05, 4.69) is 9.89 Å². The Morgan fingerprint density at radius 3 is 3.18 bits per heavy atom. The van der Waals surface area contributed by atoms with Gasteiger partial charge in [-0.05, 0) is 12.8 Å². The third-order valence-corrected chi connectivity index (χ3v) is 2.42. The second-order valence-corrected chi connectivity index (χ2v) is 3.37. The molecule has 2 N–H and O–H groups in total. The van der Waals surface area contributed by atoms with E-state index < -0.39 is 0 Å². The Morgan fingerprint density at radius 2 is 2.27 bits per heavy atom. The summed E-state index contributed by atoms with van der Waals surface area (Å²) in [5.74, 6) is 1.26. The summed E-state index contributed by atoms with van der Waals surface area (Å²) in [5, 5.41) is 0. The zero-order chi connectivity index (χ0) is 7.68. The van der Waals surface area contributed by atoms with Crippen LogP contribution in [0.1, 0.15) is 25.7 Å². The maximum atomic E-state index is 5.72. The highest BCUT2D eigenvalue weighted by atomic mass is 15.3. The van der Waals surface area contributed by atoms with E-state index in [1.165, 1.54) is 31.6 Å². The number of aliphatic imine (C=N–C) groups is 1. The topological polar surface area (TPSA) is 41.6 Å². The van der Waals surface area contributed by atoms with Crippen LogP contribution in [0.15, 0.2) is 4.99 Å². The third kappa shape index (κ3) is 1.38. The highest BCUT2D eigenvalue weighted by molar-refractivity contribution is 5.84. The molecule has 1 atom stereocenters. The zero-order valence-electron chi connectivity index (χ0n) is 6.79. The maximum absolute atomic E-state index is 5.72. The van der Waals surface area contributed by atoms with Crippen molar-refractivity contribution in [2.45, 2.75) is 31.8 Å². The first-order valence-corrected chi connectivity index (χ1v) is 4.43. The lowest BCUT2D eigenvalue weighted by molar-refractivity contribution is 0.421. The molecule has 11 heavy (non-hydrogen) atoms. The highest BCUT2D eigenvalue weighted by Crippen LogP contribution is 2.16. The standard InChI is InChI=1S/C8H15N3/c9-7-6-11-5-3-1-2-4-8(11)10-7/h7H,1-6,9H2. The molecule has 0 radical (unpaired) electrons. The number of fused-ring (bicyclic) bond motifs is 1. The van der Waals surface area contributed by atoms with Crippen LogP contribution in [0.4, 0.5) is 0 Å². The molecule has 1 fully saturated rings. The van der Waals surface area contributed by atoms with Gasteiger partial charge in [0.1, 0.15) is 12.0 Å². The molecule has 0 aromatic rings. The number of nitrogens with two attached hydrogens (primary N) is 1. The average molecular weight is 153 g/mol. The molecule has 0 aliphatic carbocycles. The minimum atomic E-state index is 0.0584. The molecule has 0 aromatic heterocycles. The summed E-state index contributed by atoms with van der Waals surface area (Å²) in [7, 11) is 0. The first kappa shape index (κ1) is 7.10. The number of rotatable bonds is 0. The average Bonchev–Trinajstić information content (AvgIpc) is 2.17. The quantitative estimate of drug-likeness (QED) is 0.552. The Kier molecular flexibility index (Phi) is 1.82. The molecule has 0 saturated carbocycles. The summed E-state index contributed by atoms with van der Waals surface area (Å²) < 4.78 is 0. The molecular weight excluding hydrogens is 138 g/mol. The molecule has 62 valence electrons. The molecule has 0 amide bonds. The lowest BCUT2D eigenvalue weighted by Gasteiger charge is -2.16. The first-order valence-electron chi connectivity index (χ1n) is 4.43. The van der Waals surface area contributed by atoms with Crippen LogP contribution in [0.25, 0.3) is 0 Å². The molecule has 1 unspecified atom stereocenters. The summed E-state index contributed by atoms with van der Waals surface area (Å²) >= 11 is 0. The normalized spacial score (nSPS) is 31.2. The van der Waals surface area contributed by atoms with Crippen molar-refractivity contribution in [3.8, 4) is 0 Å².